The van der Waals surface area contributed by atoms with Gasteiger partial charge >= 0.3 is 0 Å². The molecule has 0 bridgehead atoms. The molecule has 1 saturated carbocycles. The Kier molecular flexibility index (Phi) is 5.93. The molecule has 2 fully saturated rings. The number of nitrogens with one attached hydrogen (secondary N) is 1. The molecule has 1 aliphatic carbocycles. The first kappa shape index (κ1) is 14.3. The first-order valence-electron chi connectivity index (χ1n) is 7.88. The maximum atomic E-state index is 3.69. The molecular weight excluding hydrogens is 222 g/mol. The van der Waals surface area contributed by atoms with E-state index in [1.54, 1.807) is 0 Å². The third-order valence-corrected chi connectivity index (χ3v) is 4.65. The molecule has 3 nitrogen and oxygen atoms in total. The number of rotatable bonds is 7. The summed E-state index contributed by atoms with van der Waals surface area (Å²) in [6.07, 6.45) is 7.13. The SMILES string of the molecule is CC(CC1CCC1)NCCCN1CCN(C)CC1. The van der Waals surface area contributed by atoms with E-state index in [0.29, 0.717) is 0 Å². The highest BCUT2D eigenvalue weighted by Crippen LogP contribution is 2.30. The lowest BCUT2D eigenvalue weighted by Crippen LogP contribution is -2.45. The fourth-order valence-corrected chi connectivity index (χ4v) is 3.03. The molecule has 3 heteroatoms. The largest absolute Gasteiger partial charge is 0.314 e. The molecule has 18 heavy (non-hydrogen) atoms. The van der Waals surface area contributed by atoms with Crippen molar-refractivity contribution in [1.82, 2.24) is 15.1 Å². The highest BCUT2D eigenvalue weighted by molar-refractivity contribution is 4.75. The Bertz CT molecular complexity index is 220. The Morgan fingerprint density at radius 2 is 1.89 bits per heavy atom. The highest BCUT2D eigenvalue weighted by atomic mass is 15.2. The average molecular weight is 253 g/mol. The lowest BCUT2D eigenvalue weighted by Gasteiger charge is -2.32. The molecule has 0 aromatic heterocycles. The minimum Gasteiger partial charge on any atom is -0.314 e. The second kappa shape index (κ2) is 7.46. The van der Waals surface area contributed by atoms with Crippen molar-refractivity contribution in [2.24, 2.45) is 5.92 Å². The van der Waals surface area contributed by atoms with Gasteiger partial charge in [0, 0.05) is 32.2 Å². The Labute approximate surface area is 113 Å². The fourth-order valence-electron chi connectivity index (χ4n) is 3.03. The molecule has 1 unspecified atom stereocenters. The topological polar surface area (TPSA) is 18.5 Å². The number of likely N-dealkylation sites (N-methyl/N-ethyl adjacent to an activating group) is 1. The molecule has 0 radical (unpaired) electrons. The van der Waals surface area contributed by atoms with Gasteiger partial charge in [-0.2, -0.15) is 0 Å². The first-order valence-corrected chi connectivity index (χ1v) is 7.88. The van der Waals surface area contributed by atoms with Crippen LogP contribution in [0.15, 0.2) is 0 Å². The van der Waals surface area contributed by atoms with Crippen molar-refractivity contribution >= 4 is 0 Å². The van der Waals surface area contributed by atoms with E-state index in [1.165, 1.54) is 71.4 Å². The predicted molar refractivity (Wildman–Crippen MR) is 78.0 cm³/mol. The lowest BCUT2D eigenvalue weighted by molar-refractivity contribution is 0.152. The first-order chi connectivity index (χ1) is 8.74. The summed E-state index contributed by atoms with van der Waals surface area (Å²) in [7, 11) is 2.22. The minimum absolute atomic E-state index is 0.725. The Morgan fingerprint density at radius 1 is 1.17 bits per heavy atom. The van der Waals surface area contributed by atoms with Crippen molar-refractivity contribution in [1.29, 1.82) is 0 Å². The van der Waals surface area contributed by atoms with Crippen LogP contribution < -0.4 is 5.32 Å². The summed E-state index contributed by atoms with van der Waals surface area (Å²) in [6, 6.07) is 0.725. The van der Waals surface area contributed by atoms with Crippen molar-refractivity contribution in [3.05, 3.63) is 0 Å². The molecule has 1 N–H and O–H groups in total. The van der Waals surface area contributed by atoms with Gasteiger partial charge in [-0.1, -0.05) is 19.3 Å². The molecule has 1 saturated heterocycles. The maximum absolute atomic E-state index is 3.69. The molecule has 2 aliphatic rings. The smallest absolute Gasteiger partial charge is 0.0110 e. The van der Waals surface area contributed by atoms with Gasteiger partial charge in [0.1, 0.15) is 0 Å². The molecule has 0 amide bonds. The maximum Gasteiger partial charge on any atom is 0.0110 e. The molecule has 0 aromatic carbocycles. The molecule has 1 aliphatic heterocycles. The molecule has 2 rings (SSSR count). The van der Waals surface area contributed by atoms with E-state index in [9.17, 15) is 0 Å². The van der Waals surface area contributed by atoms with Crippen LogP contribution in [0.25, 0.3) is 0 Å². The molecule has 0 spiro atoms. The van der Waals surface area contributed by atoms with Gasteiger partial charge in [-0.25, -0.2) is 0 Å². The zero-order valence-corrected chi connectivity index (χ0v) is 12.3. The standard InChI is InChI=1S/C15H31N3/c1-14(13-15-5-3-6-15)16-7-4-8-18-11-9-17(2)10-12-18/h14-16H,3-13H2,1-2H3. The van der Waals surface area contributed by atoms with Crippen LogP contribution in [0, 0.1) is 5.92 Å². The average Bonchev–Trinajstić information content (AvgIpc) is 2.32. The minimum atomic E-state index is 0.725. The van der Waals surface area contributed by atoms with Crippen LogP contribution in [-0.2, 0) is 0 Å². The van der Waals surface area contributed by atoms with Gasteiger partial charge in [-0.15, -0.1) is 0 Å². The quantitative estimate of drug-likeness (QED) is 0.698. The van der Waals surface area contributed by atoms with Crippen molar-refractivity contribution in [3.8, 4) is 0 Å². The normalized spacial score (nSPS) is 25.0. The zero-order chi connectivity index (χ0) is 12.8. The van der Waals surface area contributed by atoms with E-state index in [0.717, 1.165) is 12.0 Å². The van der Waals surface area contributed by atoms with E-state index < -0.39 is 0 Å². The summed E-state index contributed by atoms with van der Waals surface area (Å²) < 4.78 is 0. The number of hydrogen-bond donors (Lipinski definition) is 1. The lowest BCUT2D eigenvalue weighted by atomic mass is 9.81. The van der Waals surface area contributed by atoms with Gasteiger partial charge in [-0.05, 0) is 45.8 Å². The van der Waals surface area contributed by atoms with E-state index in [-0.39, 0.29) is 0 Å². The molecule has 1 atom stereocenters. The van der Waals surface area contributed by atoms with E-state index in [4.69, 9.17) is 0 Å². The highest BCUT2D eigenvalue weighted by Gasteiger charge is 2.19. The Balaban J connectivity index is 1.45. The van der Waals surface area contributed by atoms with Crippen LogP contribution >= 0.6 is 0 Å². The van der Waals surface area contributed by atoms with Crippen LogP contribution in [0.3, 0.4) is 0 Å². The molecule has 1 heterocycles. The van der Waals surface area contributed by atoms with Gasteiger partial charge in [0.15, 0.2) is 0 Å². The third-order valence-electron chi connectivity index (χ3n) is 4.65. The number of nitrogens with zero attached hydrogens (tertiary/aromatic N) is 2. The van der Waals surface area contributed by atoms with Gasteiger partial charge in [0.25, 0.3) is 0 Å². The fraction of sp³-hybridized carbons (Fsp3) is 1.00. The second-order valence-electron chi connectivity index (χ2n) is 6.39. The van der Waals surface area contributed by atoms with Crippen molar-refractivity contribution in [2.45, 2.75) is 45.1 Å². The van der Waals surface area contributed by atoms with E-state index >= 15 is 0 Å². The summed E-state index contributed by atoms with van der Waals surface area (Å²) in [5, 5.41) is 3.69. The summed E-state index contributed by atoms with van der Waals surface area (Å²) in [5.41, 5.74) is 0. The van der Waals surface area contributed by atoms with Crippen LogP contribution in [-0.4, -0.2) is 62.2 Å². The van der Waals surface area contributed by atoms with Gasteiger partial charge in [0.2, 0.25) is 0 Å². The Morgan fingerprint density at radius 3 is 2.50 bits per heavy atom. The van der Waals surface area contributed by atoms with Crippen LogP contribution in [0.2, 0.25) is 0 Å². The van der Waals surface area contributed by atoms with Gasteiger partial charge in [-0.3, -0.25) is 0 Å². The van der Waals surface area contributed by atoms with Crippen molar-refractivity contribution in [3.63, 3.8) is 0 Å². The van der Waals surface area contributed by atoms with Gasteiger partial charge in [0.05, 0.1) is 0 Å². The zero-order valence-electron chi connectivity index (χ0n) is 12.3. The second-order valence-corrected chi connectivity index (χ2v) is 6.39. The predicted octanol–water partition coefficient (Wildman–Crippen LogP) is 1.79. The van der Waals surface area contributed by atoms with Crippen LogP contribution in [0.4, 0.5) is 0 Å². The van der Waals surface area contributed by atoms with Crippen LogP contribution in [0.1, 0.15) is 39.0 Å². The summed E-state index contributed by atoms with van der Waals surface area (Å²) in [5.74, 6) is 1.03. The van der Waals surface area contributed by atoms with E-state index in [1.807, 2.05) is 0 Å². The van der Waals surface area contributed by atoms with E-state index in [2.05, 4.69) is 29.1 Å². The molecule has 106 valence electrons. The summed E-state index contributed by atoms with van der Waals surface area (Å²) in [4.78, 5) is 5.04. The molecule has 0 aromatic rings. The van der Waals surface area contributed by atoms with Crippen molar-refractivity contribution in [2.75, 3.05) is 46.3 Å². The van der Waals surface area contributed by atoms with Crippen LogP contribution in [0.5, 0.6) is 0 Å². The third kappa shape index (κ3) is 4.87. The molecular formula is C15H31N3. The van der Waals surface area contributed by atoms with Gasteiger partial charge < -0.3 is 15.1 Å². The summed E-state index contributed by atoms with van der Waals surface area (Å²) >= 11 is 0. The monoisotopic (exact) mass is 253 g/mol. The van der Waals surface area contributed by atoms with Crippen molar-refractivity contribution < 1.29 is 0 Å². The number of hydrogen-bond acceptors (Lipinski definition) is 3. The summed E-state index contributed by atoms with van der Waals surface area (Å²) in [6.45, 7) is 9.82. The number of piperazine rings is 1. The Hall–Kier alpha value is -0.120.